The minimum Gasteiger partial charge on any atom is -0.374 e. The topological polar surface area (TPSA) is 59.0 Å². The van der Waals surface area contributed by atoms with Crippen LogP contribution in [-0.4, -0.2) is 28.3 Å². The molecule has 3 rings (SSSR count). The molecule has 2 aromatic rings. The van der Waals surface area contributed by atoms with Gasteiger partial charge in [0, 0.05) is 18.4 Å². The average Bonchev–Trinajstić information content (AvgIpc) is 3.08. The molecular formula is C17H22N4O. The highest BCUT2D eigenvalue weighted by molar-refractivity contribution is 5.81. The van der Waals surface area contributed by atoms with Gasteiger partial charge in [0.15, 0.2) is 0 Å². The van der Waals surface area contributed by atoms with E-state index >= 15 is 0 Å². The lowest BCUT2D eigenvalue weighted by Gasteiger charge is -2.23. The van der Waals surface area contributed by atoms with E-state index < -0.39 is 0 Å². The molecule has 116 valence electrons. The van der Waals surface area contributed by atoms with Gasteiger partial charge in [0.1, 0.15) is 0 Å². The number of carbonyl (C=O) groups excluding carboxylic acids is 1. The lowest BCUT2D eigenvalue weighted by atomic mass is 9.95. The summed E-state index contributed by atoms with van der Waals surface area (Å²) in [6.45, 7) is 0.286. The Labute approximate surface area is 130 Å². The largest absolute Gasteiger partial charge is 0.374 e. The molecule has 22 heavy (non-hydrogen) atoms. The van der Waals surface area contributed by atoms with E-state index in [1.807, 2.05) is 36.5 Å². The zero-order valence-electron chi connectivity index (χ0n) is 12.7. The third-order valence-electron chi connectivity index (χ3n) is 4.06. The Hall–Kier alpha value is -2.30. The van der Waals surface area contributed by atoms with Crippen molar-refractivity contribution in [3.05, 3.63) is 42.7 Å². The third-order valence-corrected chi connectivity index (χ3v) is 4.06. The van der Waals surface area contributed by atoms with E-state index in [1.165, 1.54) is 19.3 Å². The van der Waals surface area contributed by atoms with Crippen molar-refractivity contribution < 1.29 is 4.79 Å². The van der Waals surface area contributed by atoms with Gasteiger partial charge in [-0.05, 0) is 31.0 Å². The fourth-order valence-corrected chi connectivity index (χ4v) is 2.94. The molecule has 1 aliphatic rings. The number of anilines is 1. The van der Waals surface area contributed by atoms with Gasteiger partial charge < -0.3 is 10.6 Å². The number of nitrogens with zero attached hydrogens (tertiary/aromatic N) is 2. The van der Waals surface area contributed by atoms with Crippen LogP contribution in [0.15, 0.2) is 42.7 Å². The third kappa shape index (κ3) is 3.67. The summed E-state index contributed by atoms with van der Waals surface area (Å²) in [6, 6.07) is 10.1. The zero-order chi connectivity index (χ0) is 15.2. The Bertz CT molecular complexity index is 603. The van der Waals surface area contributed by atoms with E-state index in [1.54, 1.807) is 10.9 Å². The van der Waals surface area contributed by atoms with Gasteiger partial charge in [0.05, 0.1) is 17.9 Å². The number of carbonyl (C=O) groups is 1. The molecule has 0 saturated heterocycles. The van der Waals surface area contributed by atoms with Gasteiger partial charge in [0.25, 0.3) is 0 Å². The number of benzene rings is 1. The number of hydrogen-bond acceptors (Lipinski definition) is 3. The molecule has 0 spiro atoms. The molecule has 0 aliphatic heterocycles. The van der Waals surface area contributed by atoms with Gasteiger partial charge in [-0.3, -0.25) is 4.79 Å². The van der Waals surface area contributed by atoms with E-state index in [9.17, 15) is 4.79 Å². The second-order valence-electron chi connectivity index (χ2n) is 5.72. The average molecular weight is 298 g/mol. The van der Waals surface area contributed by atoms with Crippen LogP contribution in [0.2, 0.25) is 0 Å². The van der Waals surface area contributed by atoms with Gasteiger partial charge in [-0.2, -0.15) is 5.10 Å². The molecule has 1 fully saturated rings. The first kappa shape index (κ1) is 14.6. The number of hydrogen-bond donors (Lipinski definition) is 2. The molecule has 1 aromatic heterocycles. The van der Waals surface area contributed by atoms with E-state index in [4.69, 9.17) is 0 Å². The maximum atomic E-state index is 12.1. The normalized spacial score (nSPS) is 15.5. The van der Waals surface area contributed by atoms with Crippen LogP contribution in [0.5, 0.6) is 0 Å². The minimum atomic E-state index is 0.0576. The lowest BCUT2D eigenvalue weighted by Crippen LogP contribution is -2.39. The Morgan fingerprint density at radius 3 is 2.77 bits per heavy atom. The lowest BCUT2D eigenvalue weighted by molar-refractivity contribution is -0.120. The van der Waals surface area contributed by atoms with Crippen molar-refractivity contribution in [3.63, 3.8) is 0 Å². The van der Waals surface area contributed by atoms with Crippen molar-refractivity contribution in [1.82, 2.24) is 15.1 Å². The number of nitrogens with one attached hydrogen (secondary N) is 2. The van der Waals surface area contributed by atoms with Gasteiger partial charge in [-0.25, -0.2) is 4.68 Å². The van der Waals surface area contributed by atoms with Crippen molar-refractivity contribution in [2.45, 2.75) is 38.1 Å². The number of aromatic nitrogens is 2. The highest BCUT2D eigenvalue weighted by Gasteiger charge is 2.15. The second kappa shape index (κ2) is 7.11. The summed E-state index contributed by atoms with van der Waals surface area (Å²) in [5.74, 6) is 0.0576. The SMILES string of the molecule is O=C(CNc1ccccc1-n1cccn1)NC1CCCCC1. The van der Waals surface area contributed by atoms with Crippen molar-refractivity contribution in [1.29, 1.82) is 0 Å². The molecule has 1 amide bonds. The van der Waals surface area contributed by atoms with Crippen molar-refractivity contribution in [3.8, 4) is 5.69 Å². The van der Waals surface area contributed by atoms with Crippen LogP contribution in [-0.2, 0) is 4.79 Å². The first-order valence-corrected chi connectivity index (χ1v) is 7.95. The molecule has 1 aliphatic carbocycles. The van der Waals surface area contributed by atoms with Gasteiger partial charge in [0.2, 0.25) is 5.91 Å². The van der Waals surface area contributed by atoms with Crippen molar-refractivity contribution >= 4 is 11.6 Å². The summed E-state index contributed by atoms with van der Waals surface area (Å²) in [7, 11) is 0. The monoisotopic (exact) mass is 298 g/mol. The standard InChI is InChI=1S/C17H22N4O/c22-17(20-14-7-2-1-3-8-14)13-18-15-9-4-5-10-16(15)21-12-6-11-19-21/h4-6,9-12,14,18H,1-3,7-8,13H2,(H,20,22). The van der Waals surface area contributed by atoms with E-state index in [-0.39, 0.29) is 12.5 Å². The first-order chi connectivity index (χ1) is 10.8. The molecule has 0 bridgehead atoms. The van der Waals surface area contributed by atoms with Gasteiger partial charge >= 0.3 is 0 Å². The second-order valence-corrected chi connectivity index (χ2v) is 5.72. The van der Waals surface area contributed by atoms with Gasteiger partial charge in [-0.1, -0.05) is 31.4 Å². The smallest absolute Gasteiger partial charge is 0.239 e. The Balaban J connectivity index is 1.58. The molecule has 0 atom stereocenters. The summed E-state index contributed by atoms with van der Waals surface area (Å²) < 4.78 is 1.79. The van der Waals surface area contributed by atoms with Gasteiger partial charge in [-0.15, -0.1) is 0 Å². The molecule has 1 saturated carbocycles. The minimum absolute atomic E-state index is 0.0576. The van der Waals surface area contributed by atoms with Crippen LogP contribution in [0, 0.1) is 0 Å². The highest BCUT2D eigenvalue weighted by Crippen LogP contribution is 2.19. The first-order valence-electron chi connectivity index (χ1n) is 7.95. The van der Waals surface area contributed by atoms with E-state index in [0.29, 0.717) is 6.04 Å². The summed E-state index contributed by atoms with van der Waals surface area (Å²) in [5, 5.41) is 10.6. The Morgan fingerprint density at radius 2 is 2.00 bits per heavy atom. The molecule has 2 N–H and O–H groups in total. The fourth-order valence-electron chi connectivity index (χ4n) is 2.94. The Morgan fingerprint density at radius 1 is 1.18 bits per heavy atom. The zero-order valence-corrected chi connectivity index (χ0v) is 12.7. The van der Waals surface area contributed by atoms with Crippen LogP contribution in [0.1, 0.15) is 32.1 Å². The number of amides is 1. The van der Waals surface area contributed by atoms with Crippen LogP contribution < -0.4 is 10.6 Å². The molecule has 1 heterocycles. The van der Waals surface area contributed by atoms with E-state index in [0.717, 1.165) is 24.2 Å². The molecular weight excluding hydrogens is 276 g/mol. The van der Waals surface area contributed by atoms with Crippen molar-refractivity contribution in [2.75, 3.05) is 11.9 Å². The predicted octanol–water partition coefficient (Wildman–Crippen LogP) is 2.73. The number of rotatable bonds is 5. The maximum Gasteiger partial charge on any atom is 0.239 e. The quantitative estimate of drug-likeness (QED) is 0.892. The fraction of sp³-hybridized carbons (Fsp3) is 0.412. The van der Waals surface area contributed by atoms with Crippen LogP contribution in [0.4, 0.5) is 5.69 Å². The maximum absolute atomic E-state index is 12.1. The summed E-state index contributed by atoms with van der Waals surface area (Å²) >= 11 is 0. The van der Waals surface area contributed by atoms with Crippen LogP contribution in [0.3, 0.4) is 0 Å². The molecule has 5 nitrogen and oxygen atoms in total. The summed E-state index contributed by atoms with van der Waals surface area (Å²) in [5.41, 5.74) is 1.85. The molecule has 0 radical (unpaired) electrons. The summed E-state index contributed by atoms with van der Waals surface area (Å²) in [4.78, 5) is 12.1. The molecule has 0 unspecified atom stereocenters. The van der Waals surface area contributed by atoms with Crippen molar-refractivity contribution in [2.24, 2.45) is 0 Å². The summed E-state index contributed by atoms with van der Waals surface area (Å²) in [6.07, 6.45) is 9.59. The molecule has 5 heteroatoms. The Kier molecular flexibility index (Phi) is 4.73. The predicted molar refractivity (Wildman–Crippen MR) is 87.1 cm³/mol. The van der Waals surface area contributed by atoms with E-state index in [2.05, 4.69) is 15.7 Å². The number of para-hydroxylation sites is 2. The van der Waals surface area contributed by atoms with Crippen LogP contribution in [0.25, 0.3) is 5.69 Å². The van der Waals surface area contributed by atoms with Crippen LogP contribution >= 0.6 is 0 Å². The molecule has 1 aromatic carbocycles. The highest BCUT2D eigenvalue weighted by atomic mass is 16.1.